The maximum absolute atomic E-state index is 6.05. The average Bonchev–Trinajstić information content (AvgIpc) is 3.00. The number of anilines is 1. The molecule has 1 unspecified atom stereocenters. The highest BCUT2D eigenvalue weighted by Gasteiger charge is 2.28. The molecule has 2 heterocycles. The molecule has 4 heteroatoms. The van der Waals surface area contributed by atoms with Crippen molar-refractivity contribution in [2.45, 2.75) is 32.5 Å². The molecule has 0 saturated carbocycles. The van der Waals surface area contributed by atoms with Crippen molar-refractivity contribution in [3.63, 3.8) is 0 Å². The molecule has 0 radical (unpaired) electrons. The van der Waals surface area contributed by atoms with Crippen molar-refractivity contribution in [2.24, 2.45) is 0 Å². The molecular formula is C14H17N3S. The van der Waals surface area contributed by atoms with Gasteiger partial charge in [0.05, 0.1) is 6.04 Å². The Kier molecular flexibility index (Phi) is 3.06. The van der Waals surface area contributed by atoms with Gasteiger partial charge in [0.2, 0.25) is 0 Å². The third-order valence-electron chi connectivity index (χ3n) is 3.61. The van der Waals surface area contributed by atoms with Gasteiger partial charge in [-0.25, -0.2) is 4.98 Å². The Morgan fingerprint density at radius 2 is 2.33 bits per heavy atom. The first kappa shape index (κ1) is 11.7. The van der Waals surface area contributed by atoms with Crippen LogP contribution in [0.15, 0.2) is 29.8 Å². The summed E-state index contributed by atoms with van der Waals surface area (Å²) in [5.41, 5.74) is 9.64. The van der Waals surface area contributed by atoms with Gasteiger partial charge in [0.25, 0.3) is 0 Å². The minimum atomic E-state index is 0.414. The third kappa shape index (κ3) is 1.91. The molecule has 0 saturated heterocycles. The van der Waals surface area contributed by atoms with Gasteiger partial charge in [-0.2, -0.15) is 0 Å². The molecule has 1 atom stereocenters. The van der Waals surface area contributed by atoms with Crippen LogP contribution in [0.1, 0.15) is 35.5 Å². The predicted octanol–water partition coefficient (Wildman–Crippen LogP) is 3.19. The van der Waals surface area contributed by atoms with Crippen LogP contribution in [0.5, 0.6) is 0 Å². The molecular weight excluding hydrogens is 242 g/mol. The number of nitrogens with two attached hydrogens (primary N) is 1. The number of rotatable bonds is 3. The number of aromatic nitrogens is 1. The first-order valence-electron chi connectivity index (χ1n) is 6.29. The fourth-order valence-corrected chi connectivity index (χ4v) is 3.54. The molecule has 0 amide bonds. The van der Waals surface area contributed by atoms with E-state index in [-0.39, 0.29) is 0 Å². The summed E-state index contributed by atoms with van der Waals surface area (Å²) in [4.78, 5) is 6.93. The van der Waals surface area contributed by atoms with Crippen molar-refractivity contribution >= 4 is 17.0 Å². The molecule has 0 spiro atoms. The highest BCUT2D eigenvalue weighted by Crippen LogP contribution is 2.35. The summed E-state index contributed by atoms with van der Waals surface area (Å²) in [5.74, 6) is 0. The van der Waals surface area contributed by atoms with Crippen molar-refractivity contribution in [1.82, 2.24) is 9.88 Å². The fraction of sp³-hybridized carbons (Fsp3) is 0.357. The van der Waals surface area contributed by atoms with Gasteiger partial charge in [0.1, 0.15) is 5.01 Å². The number of hydrogen-bond donors (Lipinski definition) is 1. The Bertz CT molecular complexity index is 536. The zero-order valence-corrected chi connectivity index (χ0v) is 11.3. The molecule has 1 aliphatic heterocycles. The lowest BCUT2D eigenvalue weighted by Gasteiger charge is -2.24. The first-order chi connectivity index (χ1) is 8.79. The number of benzene rings is 1. The lowest BCUT2D eigenvalue weighted by molar-refractivity contribution is 0.194. The smallest absolute Gasteiger partial charge is 0.110 e. The van der Waals surface area contributed by atoms with Crippen LogP contribution in [0, 0.1) is 0 Å². The van der Waals surface area contributed by atoms with Gasteiger partial charge in [0, 0.05) is 30.4 Å². The van der Waals surface area contributed by atoms with Gasteiger partial charge < -0.3 is 5.73 Å². The Hall–Kier alpha value is -1.39. The van der Waals surface area contributed by atoms with Crippen LogP contribution in [0.2, 0.25) is 0 Å². The maximum atomic E-state index is 6.05. The van der Waals surface area contributed by atoms with Crippen LogP contribution in [0.3, 0.4) is 0 Å². The molecule has 0 fully saturated rings. The molecule has 3 rings (SSSR count). The zero-order valence-electron chi connectivity index (χ0n) is 10.5. The van der Waals surface area contributed by atoms with Crippen molar-refractivity contribution < 1.29 is 0 Å². The topological polar surface area (TPSA) is 42.2 Å². The summed E-state index contributed by atoms with van der Waals surface area (Å²) < 4.78 is 0. The van der Waals surface area contributed by atoms with Crippen LogP contribution in [0.25, 0.3) is 0 Å². The molecule has 1 aromatic heterocycles. The summed E-state index contributed by atoms with van der Waals surface area (Å²) in [7, 11) is 0. The van der Waals surface area contributed by atoms with Gasteiger partial charge in [-0.1, -0.05) is 19.1 Å². The third-order valence-corrected chi connectivity index (χ3v) is 4.48. The standard InChI is InChI=1S/C14H17N3S/c1-2-13(14-16-6-7-18-14)17-8-10-4-3-5-12(15)11(10)9-17/h3-7,13H,2,8-9,15H2,1H3. The second kappa shape index (κ2) is 4.71. The van der Waals surface area contributed by atoms with E-state index in [1.807, 2.05) is 18.3 Å². The Morgan fingerprint density at radius 1 is 1.44 bits per heavy atom. The molecule has 1 aliphatic rings. The van der Waals surface area contributed by atoms with Gasteiger partial charge in [-0.15, -0.1) is 11.3 Å². The van der Waals surface area contributed by atoms with Crippen molar-refractivity contribution in [3.8, 4) is 0 Å². The monoisotopic (exact) mass is 259 g/mol. The lowest BCUT2D eigenvalue weighted by atomic mass is 10.1. The number of nitrogens with zero attached hydrogens (tertiary/aromatic N) is 2. The molecule has 2 aromatic rings. The van der Waals surface area contributed by atoms with Gasteiger partial charge in [-0.3, -0.25) is 4.90 Å². The number of fused-ring (bicyclic) bond motifs is 1. The summed E-state index contributed by atoms with van der Waals surface area (Å²) >= 11 is 1.74. The van der Waals surface area contributed by atoms with Gasteiger partial charge >= 0.3 is 0 Å². The quantitative estimate of drug-likeness (QED) is 0.861. The minimum absolute atomic E-state index is 0.414. The van der Waals surface area contributed by atoms with E-state index in [9.17, 15) is 0 Å². The zero-order chi connectivity index (χ0) is 12.5. The van der Waals surface area contributed by atoms with Crippen LogP contribution in [0.4, 0.5) is 5.69 Å². The fourth-order valence-electron chi connectivity index (χ4n) is 2.68. The van der Waals surface area contributed by atoms with E-state index in [1.165, 1.54) is 16.1 Å². The second-order valence-electron chi connectivity index (χ2n) is 4.68. The first-order valence-corrected chi connectivity index (χ1v) is 7.17. The largest absolute Gasteiger partial charge is 0.398 e. The highest BCUT2D eigenvalue weighted by molar-refractivity contribution is 7.09. The van der Waals surface area contributed by atoms with E-state index in [2.05, 4.69) is 28.3 Å². The maximum Gasteiger partial charge on any atom is 0.110 e. The molecule has 94 valence electrons. The van der Waals surface area contributed by atoms with Crippen LogP contribution in [-0.4, -0.2) is 9.88 Å². The molecule has 0 aliphatic carbocycles. The summed E-state index contributed by atoms with van der Waals surface area (Å²) in [6.07, 6.45) is 2.97. The Morgan fingerprint density at radius 3 is 3.00 bits per heavy atom. The SMILES string of the molecule is CCC(c1nccs1)N1Cc2cccc(N)c2C1. The second-order valence-corrected chi connectivity index (χ2v) is 5.61. The molecule has 0 bridgehead atoms. The number of hydrogen-bond acceptors (Lipinski definition) is 4. The molecule has 3 nitrogen and oxygen atoms in total. The van der Waals surface area contributed by atoms with E-state index in [4.69, 9.17) is 5.73 Å². The lowest BCUT2D eigenvalue weighted by Crippen LogP contribution is -2.22. The summed E-state index contributed by atoms with van der Waals surface area (Å²) in [6.45, 7) is 4.15. The molecule has 2 N–H and O–H groups in total. The highest BCUT2D eigenvalue weighted by atomic mass is 32.1. The minimum Gasteiger partial charge on any atom is -0.398 e. The van der Waals surface area contributed by atoms with Crippen molar-refractivity contribution in [1.29, 1.82) is 0 Å². The van der Waals surface area contributed by atoms with E-state index in [0.717, 1.165) is 25.2 Å². The Labute approximate surface area is 111 Å². The van der Waals surface area contributed by atoms with Crippen LogP contribution in [-0.2, 0) is 13.1 Å². The van der Waals surface area contributed by atoms with E-state index in [1.54, 1.807) is 11.3 Å². The Balaban J connectivity index is 1.87. The van der Waals surface area contributed by atoms with E-state index >= 15 is 0 Å². The number of thiazole rings is 1. The van der Waals surface area contributed by atoms with Crippen LogP contribution < -0.4 is 5.73 Å². The normalized spacial score (nSPS) is 16.7. The van der Waals surface area contributed by atoms with E-state index in [0.29, 0.717) is 6.04 Å². The van der Waals surface area contributed by atoms with Gasteiger partial charge in [-0.05, 0) is 23.6 Å². The van der Waals surface area contributed by atoms with E-state index < -0.39 is 0 Å². The van der Waals surface area contributed by atoms with Crippen molar-refractivity contribution in [3.05, 3.63) is 45.9 Å². The summed E-state index contributed by atoms with van der Waals surface area (Å²) in [5, 5.41) is 3.26. The number of nitrogen functional groups attached to an aromatic ring is 1. The predicted molar refractivity (Wildman–Crippen MR) is 75.2 cm³/mol. The van der Waals surface area contributed by atoms with Crippen LogP contribution >= 0.6 is 11.3 Å². The van der Waals surface area contributed by atoms with Gasteiger partial charge in [0.15, 0.2) is 0 Å². The molecule has 18 heavy (non-hydrogen) atoms. The summed E-state index contributed by atoms with van der Waals surface area (Å²) in [6, 6.07) is 6.63. The molecule has 1 aromatic carbocycles. The van der Waals surface area contributed by atoms with Crippen molar-refractivity contribution in [2.75, 3.05) is 5.73 Å². The average molecular weight is 259 g/mol.